The zero-order valence-electron chi connectivity index (χ0n) is 11.5. The lowest BCUT2D eigenvalue weighted by Crippen LogP contribution is -2.37. The molecule has 0 saturated carbocycles. The number of piperidine rings is 1. The van der Waals surface area contributed by atoms with Gasteiger partial charge in [0.25, 0.3) is 0 Å². The van der Waals surface area contributed by atoms with Crippen molar-refractivity contribution >= 4 is 0 Å². The van der Waals surface area contributed by atoms with Crippen molar-refractivity contribution in [3.05, 3.63) is 47.4 Å². The van der Waals surface area contributed by atoms with Crippen LogP contribution in [0.15, 0.2) is 28.8 Å². The monoisotopic (exact) mass is 275 g/mol. The Hall–Kier alpha value is -1.75. The maximum absolute atomic E-state index is 12.9. The van der Waals surface area contributed by atoms with E-state index >= 15 is 0 Å². The van der Waals surface area contributed by atoms with Crippen LogP contribution in [-0.4, -0.2) is 23.2 Å². The lowest BCUT2D eigenvalue weighted by molar-refractivity contribution is 0.240. The molecule has 3 rings (SSSR count). The summed E-state index contributed by atoms with van der Waals surface area (Å²) < 4.78 is 18.3. The highest BCUT2D eigenvalue weighted by molar-refractivity contribution is 5.20. The summed E-state index contributed by atoms with van der Waals surface area (Å²) >= 11 is 0. The molecule has 5 heteroatoms. The summed E-state index contributed by atoms with van der Waals surface area (Å²) in [6.45, 7) is 4.13. The molecule has 2 aromatic rings. The van der Waals surface area contributed by atoms with Gasteiger partial charge in [0.15, 0.2) is 5.82 Å². The van der Waals surface area contributed by atoms with Crippen LogP contribution in [0.3, 0.4) is 0 Å². The normalized spacial score (nSPS) is 18.1. The van der Waals surface area contributed by atoms with E-state index in [-0.39, 0.29) is 11.2 Å². The van der Waals surface area contributed by atoms with E-state index in [4.69, 9.17) is 4.52 Å². The fraction of sp³-hybridized carbons (Fsp3) is 0.467. The Morgan fingerprint density at radius 2 is 1.95 bits per heavy atom. The number of hydrogen-bond acceptors (Lipinski definition) is 4. The van der Waals surface area contributed by atoms with Gasteiger partial charge in [-0.25, -0.2) is 4.39 Å². The van der Waals surface area contributed by atoms with E-state index in [1.54, 1.807) is 12.1 Å². The Morgan fingerprint density at radius 1 is 1.25 bits per heavy atom. The van der Waals surface area contributed by atoms with Crippen molar-refractivity contribution in [2.45, 2.75) is 31.6 Å². The second-order valence-corrected chi connectivity index (χ2v) is 5.63. The minimum absolute atomic E-state index is 0.0285. The quantitative estimate of drug-likeness (QED) is 0.934. The Labute approximate surface area is 117 Å². The average molecular weight is 275 g/mol. The first-order chi connectivity index (χ1) is 9.66. The van der Waals surface area contributed by atoms with E-state index < -0.39 is 0 Å². The molecule has 1 aromatic carbocycles. The van der Waals surface area contributed by atoms with E-state index in [2.05, 4.69) is 22.4 Å². The molecule has 0 radical (unpaired) electrons. The predicted molar refractivity (Wildman–Crippen MR) is 73.0 cm³/mol. The topological polar surface area (TPSA) is 51.0 Å². The molecule has 0 spiro atoms. The predicted octanol–water partition coefficient (Wildman–Crippen LogP) is 2.44. The standard InChI is InChI=1S/C15H18FN3O/c1-15(6-8-17-9-7-15)14-18-13(19-20-14)10-11-2-4-12(16)5-3-11/h2-5,17H,6-10H2,1H3. The number of benzene rings is 1. The van der Waals surface area contributed by atoms with Crippen molar-refractivity contribution in [3.63, 3.8) is 0 Å². The smallest absolute Gasteiger partial charge is 0.232 e. The molecule has 1 aromatic heterocycles. The highest BCUT2D eigenvalue weighted by Gasteiger charge is 2.34. The highest BCUT2D eigenvalue weighted by atomic mass is 19.1. The summed E-state index contributed by atoms with van der Waals surface area (Å²) in [7, 11) is 0. The van der Waals surface area contributed by atoms with Crippen molar-refractivity contribution < 1.29 is 8.91 Å². The first kappa shape index (κ1) is 13.2. The number of hydrogen-bond donors (Lipinski definition) is 1. The molecular weight excluding hydrogens is 257 g/mol. The zero-order chi connectivity index (χ0) is 14.0. The fourth-order valence-electron chi connectivity index (χ4n) is 2.55. The van der Waals surface area contributed by atoms with Gasteiger partial charge in [-0.3, -0.25) is 0 Å². The van der Waals surface area contributed by atoms with Gasteiger partial charge in [0, 0.05) is 11.8 Å². The molecule has 0 atom stereocenters. The molecule has 1 fully saturated rings. The summed E-state index contributed by atoms with van der Waals surface area (Å²) in [5.74, 6) is 1.15. The van der Waals surface area contributed by atoms with Crippen molar-refractivity contribution in [2.24, 2.45) is 0 Å². The average Bonchev–Trinajstić information content (AvgIpc) is 2.92. The molecule has 2 heterocycles. The van der Waals surface area contributed by atoms with Crippen molar-refractivity contribution in [1.82, 2.24) is 15.5 Å². The SMILES string of the molecule is CC1(c2nc(Cc3ccc(F)cc3)no2)CCNCC1. The summed E-state index contributed by atoms with van der Waals surface area (Å²) in [5, 5.41) is 7.39. The van der Waals surface area contributed by atoms with Crippen LogP contribution < -0.4 is 5.32 Å². The zero-order valence-corrected chi connectivity index (χ0v) is 11.5. The van der Waals surface area contributed by atoms with E-state index in [1.165, 1.54) is 12.1 Å². The Kier molecular flexibility index (Phi) is 3.53. The molecule has 1 aliphatic heterocycles. The minimum Gasteiger partial charge on any atom is -0.339 e. The van der Waals surface area contributed by atoms with Gasteiger partial charge in [-0.05, 0) is 43.6 Å². The van der Waals surface area contributed by atoms with E-state index in [1.807, 2.05) is 0 Å². The summed E-state index contributed by atoms with van der Waals surface area (Å²) in [4.78, 5) is 4.52. The number of halogens is 1. The molecule has 20 heavy (non-hydrogen) atoms. The van der Waals surface area contributed by atoms with Crippen molar-refractivity contribution in [2.75, 3.05) is 13.1 Å². The van der Waals surface area contributed by atoms with Gasteiger partial charge in [0.2, 0.25) is 5.89 Å². The number of nitrogens with zero attached hydrogens (tertiary/aromatic N) is 2. The van der Waals surface area contributed by atoms with Gasteiger partial charge in [-0.15, -0.1) is 0 Å². The van der Waals surface area contributed by atoms with Crippen LogP contribution in [0.5, 0.6) is 0 Å². The van der Waals surface area contributed by atoms with Crippen LogP contribution in [-0.2, 0) is 11.8 Å². The van der Waals surface area contributed by atoms with Gasteiger partial charge in [0.1, 0.15) is 5.82 Å². The van der Waals surface area contributed by atoms with Crippen molar-refractivity contribution in [1.29, 1.82) is 0 Å². The molecule has 4 nitrogen and oxygen atoms in total. The molecular formula is C15H18FN3O. The molecule has 106 valence electrons. The second kappa shape index (κ2) is 5.32. The molecule has 1 saturated heterocycles. The van der Waals surface area contributed by atoms with Gasteiger partial charge in [-0.2, -0.15) is 4.98 Å². The Morgan fingerprint density at radius 3 is 2.65 bits per heavy atom. The van der Waals surface area contributed by atoms with Gasteiger partial charge >= 0.3 is 0 Å². The lowest BCUT2D eigenvalue weighted by Gasteiger charge is -2.30. The van der Waals surface area contributed by atoms with Gasteiger partial charge in [0.05, 0.1) is 0 Å². The third kappa shape index (κ3) is 2.72. The fourth-order valence-corrected chi connectivity index (χ4v) is 2.55. The molecule has 0 unspecified atom stereocenters. The molecule has 0 aliphatic carbocycles. The number of nitrogens with one attached hydrogen (secondary N) is 1. The maximum Gasteiger partial charge on any atom is 0.232 e. The van der Waals surface area contributed by atoms with Crippen LogP contribution in [0.1, 0.15) is 37.0 Å². The second-order valence-electron chi connectivity index (χ2n) is 5.63. The molecule has 1 N–H and O–H groups in total. The van der Waals surface area contributed by atoms with E-state index in [0.717, 1.165) is 37.4 Å². The number of rotatable bonds is 3. The highest BCUT2D eigenvalue weighted by Crippen LogP contribution is 2.31. The van der Waals surface area contributed by atoms with E-state index in [9.17, 15) is 4.39 Å². The molecule has 0 bridgehead atoms. The number of aromatic nitrogens is 2. The van der Waals surface area contributed by atoms with E-state index in [0.29, 0.717) is 12.2 Å². The van der Waals surface area contributed by atoms with Crippen LogP contribution in [0.25, 0.3) is 0 Å². The summed E-state index contributed by atoms with van der Waals surface area (Å²) in [5.41, 5.74) is 0.952. The lowest BCUT2D eigenvalue weighted by atomic mass is 9.81. The Balaban J connectivity index is 1.74. The minimum atomic E-state index is -0.232. The molecule has 1 aliphatic rings. The van der Waals surface area contributed by atoms with Crippen LogP contribution in [0.2, 0.25) is 0 Å². The van der Waals surface area contributed by atoms with Gasteiger partial charge in [-0.1, -0.05) is 24.2 Å². The summed E-state index contributed by atoms with van der Waals surface area (Å²) in [6.07, 6.45) is 2.58. The molecule has 0 amide bonds. The summed E-state index contributed by atoms with van der Waals surface area (Å²) in [6, 6.07) is 6.39. The van der Waals surface area contributed by atoms with Crippen LogP contribution in [0, 0.1) is 5.82 Å². The van der Waals surface area contributed by atoms with Crippen LogP contribution >= 0.6 is 0 Å². The first-order valence-corrected chi connectivity index (χ1v) is 6.94. The third-order valence-electron chi connectivity index (χ3n) is 3.97. The first-order valence-electron chi connectivity index (χ1n) is 6.94. The maximum atomic E-state index is 12.9. The van der Waals surface area contributed by atoms with Crippen molar-refractivity contribution in [3.8, 4) is 0 Å². The van der Waals surface area contributed by atoms with Crippen LogP contribution in [0.4, 0.5) is 4.39 Å². The Bertz CT molecular complexity index is 573. The third-order valence-corrected chi connectivity index (χ3v) is 3.97. The largest absolute Gasteiger partial charge is 0.339 e. The van der Waals surface area contributed by atoms with Gasteiger partial charge < -0.3 is 9.84 Å².